The molecule has 0 fully saturated rings. The molecule has 1 aliphatic rings. The summed E-state index contributed by atoms with van der Waals surface area (Å²) in [6.45, 7) is 0. The third-order valence-corrected chi connectivity index (χ3v) is 5.21. The van der Waals surface area contributed by atoms with E-state index in [2.05, 4.69) is 34.1 Å². The molecule has 0 N–H and O–H groups in total. The molecule has 3 aromatic carbocycles. The van der Waals surface area contributed by atoms with E-state index in [1.165, 1.54) is 22.3 Å². The summed E-state index contributed by atoms with van der Waals surface area (Å²) >= 11 is 3.69. The predicted octanol–water partition coefficient (Wildman–Crippen LogP) is 5.60. The molecule has 4 rings (SSSR count). The van der Waals surface area contributed by atoms with Crippen LogP contribution in [0.1, 0.15) is 11.1 Å². The van der Waals surface area contributed by atoms with Gasteiger partial charge in [-0.05, 0) is 50.7 Å². The lowest BCUT2D eigenvalue weighted by Gasteiger charge is -2.10. The second-order valence-corrected chi connectivity index (χ2v) is 6.35. The van der Waals surface area contributed by atoms with Gasteiger partial charge in [0.15, 0.2) is 0 Å². The Balaban J connectivity index is 1.92. The van der Waals surface area contributed by atoms with E-state index in [1.807, 2.05) is 24.3 Å². The van der Waals surface area contributed by atoms with Gasteiger partial charge in [-0.1, -0.05) is 48.5 Å². The van der Waals surface area contributed by atoms with E-state index in [-0.39, 0.29) is 10.6 Å². The first kappa shape index (κ1) is 14.2. The summed E-state index contributed by atoms with van der Waals surface area (Å²) in [6.07, 6.45) is 0.848. The lowest BCUT2D eigenvalue weighted by atomic mass is 9.98. The summed E-state index contributed by atoms with van der Waals surface area (Å²) in [5.74, 6) is 0. The van der Waals surface area contributed by atoms with Gasteiger partial charge in [-0.15, -0.1) is 0 Å². The zero-order valence-corrected chi connectivity index (χ0v) is 13.7. The first-order valence-electron chi connectivity index (χ1n) is 7.30. The molecule has 0 heterocycles. The van der Waals surface area contributed by atoms with Crippen LogP contribution >= 0.6 is 15.9 Å². The number of benzene rings is 3. The van der Waals surface area contributed by atoms with E-state index in [4.69, 9.17) is 0 Å². The van der Waals surface area contributed by atoms with E-state index in [0.29, 0.717) is 5.56 Å². The van der Waals surface area contributed by atoms with Crippen LogP contribution < -0.4 is 0 Å². The molecule has 1 aliphatic carbocycles. The van der Waals surface area contributed by atoms with Crippen molar-refractivity contribution in [2.75, 3.05) is 0 Å². The smallest absolute Gasteiger partial charge is 0.258 e. The van der Waals surface area contributed by atoms with Crippen molar-refractivity contribution < 1.29 is 4.92 Å². The minimum absolute atomic E-state index is 0.128. The van der Waals surface area contributed by atoms with E-state index >= 15 is 0 Å². The van der Waals surface area contributed by atoms with Crippen LogP contribution in [-0.2, 0) is 6.42 Å². The zero-order chi connectivity index (χ0) is 16.0. The molecule has 0 saturated carbocycles. The van der Waals surface area contributed by atoms with Crippen LogP contribution in [-0.4, -0.2) is 4.92 Å². The molecule has 0 atom stereocenters. The Morgan fingerprint density at radius 2 is 1.48 bits per heavy atom. The van der Waals surface area contributed by atoms with Crippen molar-refractivity contribution in [1.82, 2.24) is 0 Å². The van der Waals surface area contributed by atoms with Gasteiger partial charge in [0.25, 0.3) is 5.69 Å². The number of hydrogen-bond donors (Lipinski definition) is 0. The fraction of sp³-hybridized carbons (Fsp3) is 0.0526. The van der Waals surface area contributed by atoms with Crippen molar-refractivity contribution >= 4 is 21.6 Å². The largest absolute Gasteiger partial charge is 0.277 e. The molecule has 0 amide bonds. The second kappa shape index (κ2) is 5.32. The molecule has 0 aliphatic heterocycles. The third-order valence-electron chi connectivity index (χ3n) is 4.31. The highest BCUT2D eigenvalue weighted by Crippen LogP contribution is 2.45. The van der Waals surface area contributed by atoms with Crippen LogP contribution in [0.3, 0.4) is 0 Å². The summed E-state index contributed by atoms with van der Waals surface area (Å²) in [7, 11) is 0. The van der Waals surface area contributed by atoms with Crippen LogP contribution in [0.15, 0.2) is 65.1 Å². The standard InChI is InChI=1S/C19H12BrNO2/c20-19-16(15-7-3-4-8-18(15)21(22)23)10-9-14-13-6-2-1-5-12(13)11-17(14)19/h1-10H,11H2. The maximum absolute atomic E-state index is 11.3. The van der Waals surface area contributed by atoms with Crippen molar-refractivity contribution in [3.63, 3.8) is 0 Å². The number of nitro groups is 1. The van der Waals surface area contributed by atoms with Crippen LogP contribution in [0, 0.1) is 10.1 Å². The first-order chi connectivity index (χ1) is 11.2. The monoisotopic (exact) mass is 365 g/mol. The Bertz CT molecular complexity index is 950. The lowest BCUT2D eigenvalue weighted by molar-refractivity contribution is -0.384. The van der Waals surface area contributed by atoms with Gasteiger partial charge in [-0.25, -0.2) is 0 Å². The maximum Gasteiger partial charge on any atom is 0.277 e. The SMILES string of the molecule is O=[N+]([O-])c1ccccc1-c1ccc2c(c1Br)Cc1ccccc1-2. The maximum atomic E-state index is 11.3. The van der Waals surface area contributed by atoms with E-state index in [9.17, 15) is 10.1 Å². The Hall–Kier alpha value is -2.46. The topological polar surface area (TPSA) is 43.1 Å². The molecule has 0 unspecified atom stereocenters. The van der Waals surface area contributed by atoms with Crippen molar-refractivity contribution in [2.45, 2.75) is 6.42 Å². The number of fused-ring (bicyclic) bond motifs is 3. The Labute approximate surface area is 141 Å². The summed E-state index contributed by atoms with van der Waals surface area (Å²) in [5, 5.41) is 11.3. The molecule has 3 nitrogen and oxygen atoms in total. The normalized spacial score (nSPS) is 11.9. The molecule has 0 spiro atoms. The van der Waals surface area contributed by atoms with Crippen LogP contribution in [0.4, 0.5) is 5.69 Å². The van der Waals surface area contributed by atoms with Crippen molar-refractivity contribution in [3.05, 3.63) is 86.4 Å². The predicted molar refractivity (Wildman–Crippen MR) is 94.5 cm³/mol. The van der Waals surface area contributed by atoms with Crippen molar-refractivity contribution in [3.8, 4) is 22.3 Å². The molecule has 0 radical (unpaired) electrons. The van der Waals surface area contributed by atoms with Gasteiger partial charge < -0.3 is 0 Å². The number of para-hydroxylation sites is 1. The number of nitro benzene ring substituents is 1. The molecule has 23 heavy (non-hydrogen) atoms. The molecule has 0 saturated heterocycles. The average Bonchev–Trinajstić information content (AvgIpc) is 2.95. The van der Waals surface area contributed by atoms with Gasteiger partial charge in [0.2, 0.25) is 0 Å². The molecular weight excluding hydrogens is 354 g/mol. The highest BCUT2D eigenvalue weighted by atomic mass is 79.9. The summed E-state index contributed by atoms with van der Waals surface area (Å²) in [6, 6.07) is 19.2. The Morgan fingerprint density at radius 1 is 0.826 bits per heavy atom. The molecule has 3 aromatic rings. The van der Waals surface area contributed by atoms with E-state index in [0.717, 1.165) is 16.5 Å². The Kier molecular flexibility index (Phi) is 3.27. The number of hydrogen-bond acceptors (Lipinski definition) is 2. The fourth-order valence-corrected chi connectivity index (χ4v) is 3.94. The number of rotatable bonds is 2. The zero-order valence-electron chi connectivity index (χ0n) is 12.1. The molecular formula is C19H12BrNO2. The van der Waals surface area contributed by atoms with E-state index < -0.39 is 0 Å². The van der Waals surface area contributed by atoms with Gasteiger partial charge in [0, 0.05) is 16.1 Å². The fourth-order valence-electron chi connectivity index (χ4n) is 3.24. The number of halogens is 1. The van der Waals surface area contributed by atoms with Crippen LogP contribution in [0.2, 0.25) is 0 Å². The summed E-state index contributed by atoms with van der Waals surface area (Å²) < 4.78 is 0.945. The van der Waals surface area contributed by atoms with Crippen LogP contribution in [0.25, 0.3) is 22.3 Å². The number of nitrogens with zero attached hydrogens (tertiary/aromatic N) is 1. The highest BCUT2D eigenvalue weighted by molar-refractivity contribution is 9.10. The van der Waals surface area contributed by atoms with Gasteiger partial charge in [-0.2, -0.15) is 0 Å². The highest BCUT2D eigenvalue weighted by Gasteiger charge is 2.24. The molecule has 112 valence electrons. The molecule has 0 aromatic heterocycles. The minimum Gasteiger partial charge on any atom is -0.258 e. The van der Waals surface area contributed by atoms with Crippen LogP contribution in [0.5, 0.6) is 0 Å². The average molecular weight is 366 g/mol. The van der Waals surface area contributed by atoms with Gasteiger partial charge in [-0.3, -0.25) is 10.1 Å². The van der Waals surface area contributed by atoms with Gasteiger partial charge in [0.1, 0.15) is 0 Å². The molecule has 4 heteroatoms. The van der Waals surface area contributed by atoms with E-state index in [1.54, 1.807) is 18.2 Å². The van der Waals surface area contributed by atoms with Crippen molar-refractivity contribution in [2.24, 2.45) is 0 Å². The van der Waals surface area contributed by atoms with Gasteiger partial charge >= 0.3 is 0 Å². The second-order valence-electron chi connectivity index (χ2n) is 5.56. The lowest BCUT2D eigenvalue weighted by Crippen LogP contribution is -1.94. The first-order valence-corrected chi connectivity index (χ1v) is 8.09. The summed E-state index contributed by atoms with van der Waals surface area (Å²) in [4.78, 5) is 11.0. The third kappa shape index (κ3) is 2.18. The quantitative estimate of drug-likeness (QED) is 0.343. The molecule has 0 bridgehead atoms. The minimum atomic E-state index is -0.330. The summed E-state index contributed by atoms with van der Waals surface area (Å²) in [5.41, 5.74) is 6.58. The van der Waals surface area contributed by atoms with Crippen molar-refractivity contribution in [1.29, 1.82) is 0 Å². The van der Waals surface area contributed by atoms with Gasteiger partial charge in [0.05, 0.1) is 10.5 Å². The Morgan fingerprint density at radius 3 is 2.26 bits per heavy atom.